The van der Waals surface area contributed by atoms with Crippen molar-refractivity contribution in [1.29, 1.82) is 0 Å². The van der Waals surface area contributed by atoms with Gasteiger partial charge in [0, 0.05) is 5.39 Å². The summed E-state index contributed by atoms with van der Waals surface area (Å²) in [6.07, 6.45) is 4.97. The predicted octanol–water partition coefficient (Wildman–Crippen LogP) is 3.59. The van der Waals surface area contributed by atoms with Gasteiger partial charge in [-0.15, -0.1) is 0 Å². The van der Waals surface area contributed by atoms with Crippen LogP contribution in [0.3, 0.4) is 0 Å². The topological polar surface area (TPSA) is 13.1 Å². The van der Waals surface area contributed by atoms with Gasteiger partial charge in [-0.3, -0.25) is 0 Å². The molecule has 0 spiro atoms. The molecule has 0 N–H and O–H groups in total. The van der Waals surface area contributed by atoms with E-state index in [1.54, 1.807) is 6.26 Å². The van der Waals surface area contributed by atoms with Crippen molar-refractivity contribution in [3.8, 4) is 0 Å². The van der Waals surface area contributed by atoms with Gasteiger partial charge < -0.3 is 4.42 Å². The first kappa shape index (κ1) is 8.36. The van der Waals surface area contributed by atoms with E-state index in [0.717, 1.165) is 24.8 Å². The molecule has 1 nitrogen and oxygen atoms in total. The van der Waals surface area contributed by atoms with Crippen LogP contribution in [0.15, 0.2) is 34.9 Å². The van der Waals surface area contributed by atoms with Gasteiger partial charge in [-0.2, -0.15) is 0 Å². The van der Waals surface area contributed by atoms with Crippen LogP contribution >= 0.6 is 0 Å². The number of rotatable bonds is 3. The zero-order valence-electron chi connectivity index (χ0n) is 7.62. The van der Waals surface area contributed by atoms with Crippen molar-refractivity contribution in [1.82, 2.24) is 0 Å². The maximum absolute atomic E-state index is 5.32. The lowest BCUT2D eigenvalue weighted by molar-refractivity contribution is 0.615. The zero-order valence-corrected chi connectivity index (χ0v) is 7.62. The Morgan fingerprint density at radius 2 is 2.15 bits per heavy atom. The average molecular weight is 173 g/mol. The molecule has 0 bridgehead atoms. The Labute approximate surface area is 78.4 Å². The maximum atomic E-state index is 5.32. The highest BCUT2D eigenvalue weighted by Gasteiger charge is 1.97. The second-order valence-corrected chi connectivity index (χ2v) is 3.25. The predicted molar refractivity (Wildman–Crippen MR) is 54.5 cm³/mol. The molecule has 13 heavy (non-hydrogen) atoms. The summed E-state index contributed by atoms with van der Waals surface area (Å²) < 4.78 is 5.32. The molecular formula is C12H13O. The molecule has 0 aliphatic carbocycles. The number of furan rings is 1. The summed E-state index contributed by atoms with van der Waals surface area (Å²) in [6.45, 7) is 3.83. The SMILES string of the molecule is [CH2]CCCc1ccc2ccoc2c1. The monoisotopic (exact) mass is 173 g/mol. The third kappa shape index (κ3) is 1.74. The normalized spacial score (nSPS) is 10.8. The fraction of sp³-hybridized carbons (Fsp3) is 0.250. The summed E-state index contributed by atoms with van der Waals surface area (Å²) in [7, 11) is 0. The van der Waals surface area contributed by atoms with E-state index in [1.165, 1.54) is 10.9 Å². The molecule has 0 saturated heterocycles. The minimum Gasteiger partial charge on any atom is -0.464 e. The van der Waals surface area contributed by atoms with Gasteiger partial charge in [0.25, 0.3) is 0 Å². The van der Waals surface area contributed by atoms with Crippen molar-refractivity contribution in [2.75, 3.05) is 0 Å². The first-order valence-electron chi connectivity index (χ1n) is 4.65. The smallest absolute Gasteiger partial charge is 0.134 e. The van der Waals surface area contributed by atoms with Crippen LogP contribution in [0.2, 0.25) is 0 Å². The van der Waals surface area contributed by atoms with E-state index in [1.807, 2.05) is 6.07 Å². The molecule has 1 aromatic heterocycles. The highest BCUT2D eigenvalue weighted by molar-refractivity contribution is 5.77. The Balaban J connectivity index is 2.26. The lowest BCUT2D eigenvalue weighted by Gasteiger charge is -1.98. The number of aryl methyl sites for hydroxylation is 1. The molecule has 1 heteroatoms. The Kier molecular flexibility index (Phi) is 2.35. The Morgan fingerprint density at radius 3 is 3.00 bits per heavy atom. The van der Waals surface area contributed by atoms with Crippen LogP contribution in [0.5, 0.6) is 0 Å². The van der Waals surface area contributed by atoms with E-state index < -0.39 is 0 Å². The van der Waals surface area contributed by atoms with Gasteiger partial charge in [0.05, 0.1) is 6.26 Å². The van der Waals surface area contributed by atoms with E-state index in [0.29, 0.717) is 0 Å². The van der Waals surface area contributed by atoms with Crippen LogP contribution in [0.1, 0.15) is 18.4 Å². The quantitative estimate of drug-likeness (QED) is 0.691. The number of hydrogen-bond donors (Lipinski definition) is 0. The molecule has 2 rings (SSSR count). The Morgan fingerprint density at radius 1 is 1.23 bits per heavy atom. The lowest BCUT2D eigenvalue weighted by atomic mass is 10.1. The van der Waals surface area contributed by atoms with Crippen molar-refractivity contribution < 1.29 is 4.42 Å². The molecule has 0 fully saturated rings. The first-order chi connectivity index (χ1) is 6.40. The standard InChI is InChI=1S/C12H13O/c1-2-3-4-10-5-6-11-7-8-13-12(11)9-10/h5-9H,1-4H2. The van der Waals surface area contributed by atoms with Crippen molar-refractivity contribution in [2.24, 2.45) is 0 Å². The van der Waals surface area contributed by atoms with E-state index in [4.69, 9.17) is 4.42 Å². The van der Waals surface area contributed by atoms with Crippen LogP contribution in [0.25, 0.3) is 11.0 Å². The summed E-state index contributed by atoms with van der Waals surface area (Å²) in [5.74, 6) is 0. The molecule has 67 valence electrons. The number of fused-ring (bicyclic) bond motifs is 1. The fourth-order valence-corrected chi connectivity index (χ4v) is 1.48. The summed E-state index contributed by atoms with van der Waals surface area (Å²) >= 11 is 0. The minimum absolute atomic E-state index is 0.988. The first-order valence-corrected chi connectivity index (χ1v) is 4.65. The molecule has 0 aliphatic heterocycles. The number of hydrogen-bond acceptors (Lipinski definition) is 1. The highest BCUT2D eigenvalue weighted by Crippen LogP contribution is 2.17. The third-order valence-electron chi connectivity index (χ3n) is 2.24. The van der Waals surface area contributed by atoms with E-state index in [2.05, 4.69) is 25.1 Å². The molecule has 0 unspecified atom stereocenters. The number of unbranched alkanes of at least 4 members (excludes halogenated alkanes) is 1. The Bertz CT molecular complexity index is 387. The van der Waals surface area contributed by atoms with Crippen molar-refractivity contribution in [3.05, 3.63) is 43.0 Å². The maximum Gasteiger partial charge on any atom is 0.134 e. The van der Waals surface area contributed by atoms with Crippen molar-refractivity contribution in [2.45, 2.75) is 19.3 Å². The van der Waals surface area contributed by atoms with E-state index in [9.17, 15) is 0 Å². The van der Waals surface area contributed by atoms with Gasteiger partial charge in [0.2, 0.25) is 0 Å². The lowest BCUT2D eigenvalue weighted by Crippen LogP contribution is -1.83. The molecule has 1 aromatic carbocycles. The highest BCUT2D eigenvalue weighted by atomic mass is 16.3. The minimum atomic E-state index is 0.988. The molecule has 0 aliphatic rings. The van der Waals surface area contributed by atoms with Crippen LogP contribution in [-0.4, -0.2) is 0 Å². The molecule has 1 radical (unpaired) electrons. The van der Waals surface area contributed by atoms with Gasteiger partial charge in [0.15, 0.2) is 0 Å². The number of benzene rings is 1. The van der Waals surface area contributed by atoms with Gasteiger partial charge in [-0.25, -0.2) is 0 Å². The summed E-state index contributed by atoms with van der Waals surface area (Å²) in [6, 6.07) is 8.37. The van der Waals surface area contributed by atoms with Gasteiger partial charge in [-0.1, -0.05) is 25.5 Å². The summed E-state index contributed by atoms with van der Waals surface area (Å²) in [5.41, 5.74) is 2.33. The Hall–Kier alpha value is -1.24. The average Bonchev–Trinajstić information content (AvgIpc) is 2.61. The largest absolute Gasteiger partial charge is 0.464 e. The van der Waals surface area contributed by atoms with Crippen LogP contribution in [0.4, 0.5) is 0 Å². The van der Waals surface area contributed by atoms with Crippen LogP contribution in [-0.2, 0) is 6.42 Å². The van der Waals surface area contributed by atoms with Gasteiger partial charge >= 0.3 is 0 Å². The van der Waals surface area contributed by atoms with Gasteiger partial charge in [-0.05, 0) is 30.5 Å². The molecule has 0 atom stereocenters. The van der Waals surface area contributed by atoms with Crippen molar-refractivity contribution in [3.63, 3.8) is 0 Å². The zero-order chi connectivity index (χ0) is 9.10. The summed E-state index contributed by atoms with van der Waals surface area (Å²) in [4.78, 5) is 0. The molecule has 0 saturated carbocycles. The van der Waals surface area contributed by atoms with Crippen molar-refractivity contribution >= 4 is 11.0 Å². The summed E-state index contributed by atoms with van der Waals surface area (Å²) in [5, 5.41) is 1.18. The second kappa shape index (κ2) is 3.65. The molecule has 2 aromatic rings. The van der Waals surface area contributed by atoms with Crippen LogP contribution in [0, 0.1) is 6.92 Å². The molecule has 1 heterocycles. The third-order valence-corrected chi connectivity index (χ3v) is 2.24. The van der Waals surface area contributed by atoms with Crippen LogP contribution < -0.4 is 0 Å². The molecular weight excluding hydrogens is 160 g/mol. The second-order valence-electron chi connectivity index (χ2n) is 3.25. The van der Waals surface area contributed by atoms with E-state index >= 15 is 0 Å². The molecule has 0 amide bonds. The fourth-order valence-electron chi connectivity index (χ4n) is 1.48. The van der Waals surface area contributed by atoms with Gasteiger partial charge in [0.1, 0.15) is 5.58 Å². The van der Waals surface area contributed by atoms with E-state index in [-0.39, 0.29) is 0 Å².